The summed E-state index contributed by atoms with van der Waals surface area (Å²) in [5.41, 5.74) is 14.4. The molecular weight excluding hydrogens is 418 g/mol. The number of fused-ring (bicyclic) bond motifs is 2. The van der Waals surface area contributed by atoms with Crippen molar-refractivity contribution < 1.29 is 0 Å². The number of nitrogens with two attached hydrogens (primary N) is 1. The molecule has 3 aromatic carbocycles. The summed E-state index contributed by atoms with van der Waals surface area (Å²) in [4.78, 5) is 9.81. The summed E-state index contributed by atoms with van der Waals surface area (Å²) in [5, 5.41) is 3.55. The van der Waals surface area contributed by atoms with Crippen LogP contribution in [0.25, 0.3) is 11.8 Å². The smallest absolute Gasteiger partial charge is 0.114 e. The zero-order valence-corrected chi connectivity index (χ0v) is 19.7. The van der Waals surface area contributed by atoms with Gasteiger partial charge < -0.3 is 20.9 Å². The summed E-state index contributed by atoms with van der Waals surface area (Å²) in [7, 11) is 2.15. The summed E-state index contributed by atoms with van der Waals surface area (Å²) in [5.74, 6) is 1.45. The second-order valence-electron chi connectivity index (χ2n) is 8.99. The lowest BCUT2D eigenvalue weighted by Crippen LogP contribution is -2.34. The highest BCUT2D eigenvalue weighted by Gasteiger charge is 2.36. The van der Waals surface area contributed by atoms with Gasteiger partial charge in [0.25, 0.3) is 0 Å². The van der Waals surface area contributed by atoms with Gasteiger partial charge >= 0.3 is 0 Å². The van der Waals surface area contributed by atoms with Gasteiger partial charge in [-0.25, -0.2) is 4.99 Å². The molecule has 3 aromatic rings. The summed E-state index contributed by atoms with van der Waals surface area (Å²) in [6.07, 6.45) is 2.92. The summed E-state index contributed by atoms with van der Waals surface area (Å²) < 4.78 is 0. The van der Waals surface area contributed by atoms with Gasteiger partial charge in [0.1, 0.15) is 5.84 Å². The van der Waals surface area contributed by atoms with Gasteiger partial charge in [-0.15, -0.1) is 0 Å². The molecule has 34 heavy (non-hydrogen) atoms. The fourth-order valence-corrected chi connectivity index (χ4v) is 4.96. The molecule has 5 heteroatoms. The van der Waals surface area contributed by atoms with Gasteiger partial charge in [-0.05, 0) is 47.9 Å². The van der Waals surface area contributed by atoms with E-state index in [1.54, 1.807) is 0 Å². The van der Waals surface area contributed by atoms with Gasteiger partial charge in [0, 0.05) is 60.9 Å². The first-order valence-corrected chi connectivity index (χ1v) is 11.7. The molecule has 0 radical (unpaired) electrons. The first-order chi connectivity index (χ1) is 16.5. The molecule has 0 spiro atoms. The molecular formula is C29H31N5. The van der Waals surface area contributed by atoms with Gasteiger partial charge in [-0.3, -0.25) is 0 Å². The largest absolute Gasteiger partial charge is 0.399 e. The third kappa shape index (κ3) is 4.05. The Kier molecular flexibility index (Phi) is 5.84. The Hall–Kier alpha value is -3.99. The fraction of sp³-hybridized carbons (Fsp3) is 0.207. The fourth-order valence-electron chi connectivity index (χ4n) is 4.96. The Balaban J connectivity index is 1.45. The van der Waals surface area contributed by atoms with Crippen molar-refractivity contribution in [3.63, 3.8) is 0 Å². The number of benzene rings is 3. The van der Waals surface area contributed by atoms with Crippen LogP contribution in [-0.2, 0) is 6.54 Å². The number of hydrogen-bond donors (Lipinski definition) is 2. The maximum Gasteiger partial charge on any atom is 0.114 e. The highest BCUT2D eigenvalue weighted by molar-refractivity contribution is 6.01. The van der Waals surface area contributed by atoms with Crippen molar-refractivity contribution in [1.29, 1.82) is 0 Å². The van der Waals surface area contributed by atoms with E-state index in [0.717, 1.165) is 64.8 Å². The number of nitrogen functional groups attached to an aromatic ring is 1. The second-order valence-corrected chi connectivity index (χ2v) is 8.99. The Morgan fingerprint density at radius 1 is 1.15 bits per heavy atom. The van der Waals surface area contributed by atoms with E-state index in [1.807, 2.05) is 30.3 Å². The van der Waals surface area contributed by atoms with Crippen molar-refractivity contribution in [2.45, 2.75) is 13.0 Å². The SMILES string of the molecule is C=Cc1ccccc1NCc1cc(N)cc2c1N=C1C(CN(C)c3ccccc3)CCN1C2=C. The Morgan fingerprint density at radius 3 is 2.71 bits per heavy atom. The average Bonchev–Trinajstić information content (AvgIpc) is 3.26. The second kappa shape index (κ2) is 9.10. The molecule has 5 rings (SSSR count). The number of nitrogens with one attached hydrogen (secondary N) is 1. The van der Waals surface area contributed by atoms with Gasteiger partial charge in [-0.1, -0.05) is 55.6 Å². The number of rotatable bonds is 7. The monoisotopic (exact) mass is 449 g/mol. The molecule has 1 unspecified atom stereocenters. The quantitative estimate of drug-likeness (QED) is 0.435. The van der Waals surface area contributed by atoms with E-state index in [2.05, 4.69) is 77.8 Å². The van der Waals surface area contributed by atoms with Crippen LogP contribution in [-0.4, -0.2) is 30.9 Å². The molecule has 2 aliphatic heterocycles. The maximum atomic E-state index is 6.31. The van der Waals surface area contributed by atoms with Gasteiger partial charge in [0.2, 0.25) is 0 Å². The molecule has 0 amide bonds. The molecule has 172 valence electrons. The summed E-state index contributed by atoms with van der Waals surface area (Å²) >= 11 is 0. The molecule has 1 saturated heterocycles. The number of aliphatic imine (C=N–C) groups is 1. The number of nitrogens with zero attached hydrogens (tertiary/aromatic N) is 3. The van der Waals surface area contributed by atoms with Crippen molar-refractivity contribution in [1.82, 2.24) is 4.90 Å². The predicted octanol–water partition coefficient (Wildman–Crippen LogP) is 6.00. The lowest BCUT2D eigenvalue weighted by Gasteiger charge is -2.31. The maximum absolute atomic E-state index is 6.31. The normalized spacial score (nSPS) is 16.5. The Bertz CT molecular complexity index is 1260. The molecule has 0 bridgehead atoms. The lowest BCUT2D eigenvalue weighted by atomic mass is 9.99. The zero-order chi connectivity index (χ0) is 23.7. The van der Waals surface area contributed by atoms with Crippen LogP contribution in [0.5, 0.6) is 0 Å². The van der Waals surface area contributed by atoms with Crippen LogP contribution in [0.2, 0.25) is 0 Å². The van der Waals surface area contributed by atoms with Gasteiger partial charge in [0.05, 0.1) is 5.69 Å². The predicted molar refractivity (Wildman–Crippen MR) is 145 cm³/mol. The van der Waals surface area contributed by atoms with Crippen molar-refractivity contribution in [2.24, 2.45) is 10.9 Å². The standard InChI is InChI=1S/C29H31N5/c1-4-21-10-8-9-13-27(21)31-18-23-16-24(30)17-26-20(2)34-15-14-22(29(34)32-28(23)26)19-33(3)25-11-6-5-7-12-25/h4-13,16-17,22,31H,1-2,14-15,18-19,30H2,3H3. The van der Waals surface area contributed by atoms with E-state index in [1.165, 1.54) is 5.69 Å². The van der Waals surface area contributed by atoms with Crippen molar-refractivity contribution >= 4 is 40.4 Å². The van der Waals surface area contributed by atoms with E-state index >= 15 is 0 Å². The summed E-state index contributed by atoms with van der Waals surface area (Å²) in [6, 6.07) is 22.7. The first kappa shape index (κ1) is 21.8. The van der Waals surface area contributed by atoms with Crippen molar-refractivity contribution in [3.8, 4) is 0 Å². The molecule has 1 fully saturated rings. The molecule has 5 nitrogen and oxygen atoms in total. The Morgan fingerprint density at radius 2 is 1.91 bits per heavy atom. The van der Waals surface area contributed by atoms with E-state index in [-0.39, 0.29) is 0 Å². The van der Waals surface area contributed by atoms with E-state index < -0.39 is 0 Å². The van der Waals surface area contributed by atoms with E-state index in [4.69, 9.17) is 10.7 Å². The minimum atomic E-state index is 0.343. The lowest BCUT2D eigenvalue weighted by molar-refractivity contribution is 0.610. The van der Waals surface area contributed by atoms with Crippen LogP contribution >= 0.6 is 0 Å². The first-order valence-electron chi connectivity index (χ1n) is 11.7. The van der Waals surface area contributed by atoms with Gasteiger partial charge in [-0.2, -0.15) is 0 Å². The molecule has 3 N–H and O–H groups in total. The molecule has 0 saturated carbocycles. The molecule has 0 aliphatic carbocycles. The third-order valence-electron chi connectivity index (χ3n) is 6.76. The topological polar surface area (TPSA) is 56.9 Å². The number of hydrogen-bond acceptors (Lipinski definition) is 5. The highest BCUT2D eigenvalue weighted by atomic mass is 15.3. The van der Waals surface area contributed by atoms with Crippen molar-refractivity contribution in [2.75, 3.05) is 36.1 Å². The zero-order valence-electron chi connectivity index (χ0n) is 19.7. The van der Waals surface area contributed by atoms with E-state index in [9.17, 15) is 0 Å². The highest BCUT2D eigenvalue weighted by Crippen LogP contribution is 2.42. The third-order valence-corrected chi connectivity index (χ3v) is 6.76. The molecule has 2 aliphatic rings. The number of para-hydroxylation sites is 2. The van der Waals surface area contributed by atoms with Crippen LogP contribution in [0, 0.1) is 5.92 Å². The molecule has 2 heterocycles. The van der Waals surface area contributed by atoms with Crippen LogP contribution in [0.15, 0.2) is 84.9 Å². The van der Waals surface area contributed by atoms with Crippen LogP contribution < -0.4 is 16.0 Å². The minimum Gasteiger partial charge on any atom is -0.399 e. The van der Waals surface area contributed by atoms with Gasteiger partial charge in [0.15, 0.2) is 0 Å². The summed E-state index contributed by atoms with van der Waals surface area (Å²) in [6.45, 7) is 10.8. The Labute approximate surface area is 201 Å². The minimum absolute atomic E-state index is 0.343. The van der Waals surface area contributed by atoms with Crippen LogP contribution in [0.3, 0.4) is 0 Å². The average molecular weight is 450 g/mol. The number of anilines is 3. The van der Waals surface area contributed by atoms with Crippen LogP contribution in [0.4, 0.5) is 22.7 Å². The molecule has 1 atom stereocenters. The number of amidine groups is 1. The van der Waals surface area contributed by atoms with Crippen LogP contribution in [0.1, 0.15) is 23.1 Å². The molecule has 0 aromatic heterocycles. The van der Waals surface area contributed by atoms with E-state index in [0.29, 0.717) is 12.5 Å². The van der Waals surface area contributed by atoms with Crippen molar-refractivity contribution in [3.05, 3.63) is 96.6 Å².